The number of methoxy groups -OCH3 is 1. The van der Waals surface area contributed by atoms with Crippen molar-refractivity contribution in [3.05, 3.63) is 65.7 Å². The van der Waals surface area contributed by atoms with E-state index in [-0.39, 0.29) is 18.3 Å². The van der Waals surface area contributed by atoms with Gasteiger partial charge in [0.25, 0.3) is 0 Å². The third-order valence-corrected chi connectivity index (χ3v) is 3.94. The highest BCUT2D eigenvalue weighted by molar-refractivity contribution is 5.30. The quantitative estimate of drug-likeness (QED) is 0.935. The minimum Gasteiger partial charge on any atom is -0.497 e. The summed E-state index contributed by atoms with van der Waals surface area (Å²) in [6.45, 7) is 0. The van der Waals surface area contributed by atoms with Gasteiger partial charge in [-0.15, -0.1) is 0 Å². The van der Waals surface area contributed by atoms with E-state index in [0.717, 1.165) is 16.9 Å². The maximum Gasteiger partial charge on any atom is 0.119 e. The zero-order valence-corrected chi connectivity index (χ0v) is 12.1. The van der Waals surface area contributed by atoms with Gasteiger partial charge < -0.3 is 14.6 Å². The second-order valence-corrected chi connectivity index (χ2v) is 5.43. The summed E-state index contributed by atoms with van der Waals surface area (Å²) in [5.41, 5.74) is 2.16. The molecule has 3 atom stereocenters. The molecule has 3 rings (SSSR count). The van der Waals surface area contributed by atoms with Gasteiger partial charge in [-0.3, -0.25) is 0 Å². The van der Waals surface area contributed by atoms with Gasteiger partial charge in [0.2, 0.25) is 0 Å². The summed E-state index contributed by atoms with van der Waals surface area (Å²) in [6.07, 6.45) is 0.751. The molecule has 110 valence electrons. The van der Waals surface area contributed by atoms with E-state index in [1.807, 2.05) is 54.6 Å². The molecule has 2 aromatic rings. The monoisotopic (exact) mass is 284 g/mol. The van der Waals surface area contributed by atoms with Gasteiger partial charge in [-0.1, -0.05) is 42.5 Å². The number of benzene rings is 2. The van der Waals surface area contributed by atoms with E-state index in [1.165, 1.54) is 0 Å². The normalized spacial score (nSPS) is 25.5. The second kappa shape index (κ2) is 6.29. The fourth-order valence-electron chi connectivity index (χ4n) is 2.84. The van der Waals surface area contributed by atoms with Gasteiger partial charge in [0, 0.05) is 12.8 Å². The lowest BCUT2D eigenvalue weighted by atomic mass is 9.93. The van der Waals surface area contributed by atoms with Crippen LogP contribution in [-0.4, -0.2) is 18.3 Å². The summed E-state index contributed by atoms with van der Waals surface area (Å²) in [4.78, 5) is 0. The Balaban J connectivity index is 1.82. The van der Waals surface area contributed by atoms with E-state index in [2.05, 4.69) is 0 Å². The topological polar surface area (TPSA) is 38.7 Å². The fraction of sp³-hybridized carbons (Fsp3) is 0.333. The molecule has 3 nitrogen and oxygen atoms in total. The lowest BCUT2D eigenvalue weighted by molar-refractivity contribution is -0.0999. The Bertz CT molecular complexity index is 582. The highest BCUT2D eigenvalue weighted by Gasteiger charge is 2.30. The van der Waals surface area contributed by atoms with Crippen LogP contribution in [0.2, 0.25) is 0 Å². The van der Waals surface area contributed by atoms with Crippen LogP contribution in [0.4, 0.5) is 0 Å². The molecule has 21 heavy (non-hydrogen) atoms. The maximum atomic E-state index is 10.2. The molecule has 0 spiro atoms. The van der Waals surface area contributed by atoms with Crippen molar-refractivity contribution in [1.29, 1.82) is 0 Å². The Morgan fingerprint density at radius 1 is 0.952 bits per heavy atom. The molecule has 0 aromatic heterocycles. The molecular weight excluding hydrogens is 264 g/mol. The van der Waals surface area contributed by atoms with Gasteiger partial charge in [-0.2, -0.15) is 0 Å². The van der Waals surface area contributed by atoms with Crippen molar-refractivity contribution < 1.29 is 14.6 Å². The van der Waals surface area contributed by atoms with E-state index in [0.29, 0.717) is 12.8 Å². The standard InChI is InChI=1S/C18H20O3/c1-20-16-9-5-8-14(10-16)18-12-15(19)11-17(21-18)13-6-3-2-4-7-13/h2-10,15,17-19H,11-12H2,1H3/t15-,17-,18+/m1/s1. The molecule has 1 aliphatic rings. The minimum absolute atomic E-state index is 0.0637. The SMILES string of the molecule is COc1cccc([C@@H]2C[C@H](O)C[C@H](c3ccccc3)O2)c1. The molecule has 1 aliphatic heterocycles. The lowest BCUT2D eigenvalue weighted by Gasteiger charge is -2.34. The first-order valence-corrected chi connectivity index (χ1v) is 7.28. The summed E-state index contributed by atoms with van der Waals surface area (Å²) in [5.74, 6) is 0.812. The summed E-state index contributed by atoms with van der Waals surface area (Å²) in [6, 6.07) is 17.9. The number of hydrogen-bond donors (Lipinski definition) is 1. The molecule has 0 amide bonds. The first kappa shape index (κ1) is 14.1. The second-order valence-electron chi connectivity index (χ2n) is 5.43. The predicted molar refractivity (Wildman–Crippen MR) is 81.2 cm³/mol. The van der Waals surface area contributed by atoms with Gasteiger partial charge in [-0.25, -0.2) is 0 Å². The molecule has 1 saturated heterocycles. The number of hydrogen-bond acceptors (Lipinski definition) is 3. The van der Waals surface area contributed by atoms with Crippen LogP contribution < -0.4 is 4.74 Å². The van der Waals surface area contributed by atoms with Gasteiger partial charge >= 0.3 is 0 Å². The third-order valence-electron chi connectivity index (χ3n) is 3.94. The molecule has 0 bridgehead atoms. The third kappa shape index (κ3) is 3.26. The van der Waals surface area contributed by atoms with E-state index >= 15 is 0 Å². The van der Waals surface area contributed by atoms with Crippen molar-refractivity contribution in [2.45, 2.75) is 31.2 Å². The van der Waals surface area contributed by atoms with Crippen molar-refractivity contribution in [1.82, 2.24) is 0 Å². The Hall–Kier alpha value is -1.84. The summed E-state index contributed by atoms with van der Waals surface area (Å²) in [7, 11) is 1.66. The molecule has 0 aliphatic carbocycles. The molecule has 0 radical (unpaired) electrons. The zero-order valence-electron chi connectivity index (χ0n) is 12.1. The van der Waals surface area contributed by atoms with Crippen LogP contribution in [0.3, 0.4) is 0 Å². The van der Waals surface area contributed by atoms with Crippen LogP contribution >= 0.6 is 0 Å². The molecule has 0 unspecified atom stereocenters. The maximum absolute atomic E-state index is 10.2. The van der Waals surface area contributed by atoms with E-state index < -0.39 is 0 Å². The summed E-state index contributed by atoms with van der Waals surface area (Å²) >= 11 is 0. The smallest absolute Gasteiger partial charge is 0.119 e. The first-order chi connectivity index (χ1) is 10.3. The van der Waals surface area contributed by atoms with Gasteiger partial charge in [0.1, 0.15) is 5.75 Å². The lowest BCUT2D eigenvalue weighted by Crippen LogP contribution is -2.26. The van der Waals surface area contributed by atoms with Crippen molar-refractivity contribution in [2.24, 2.45) is 0 Å². The van der Waals surface area contributed by atoms with Gasteiger partial charge in [0.15, 0.2) is 0 Å². The van der Waals surface area contributed by atoms with Crippen molar-refractivity contribution in [3.63, 3.8) is 0 Å². The van der Waals surface area contributed by atoms with Gasteiger partial charge in [-0.05, 0) is 23.3 Å². The van der Waals surface area contributed by atoms with Crippen LogP contribution in [0.25, 0.3) is 0 Å². The molecule has 1 N–H and O–H groups in total. The summed E-state index contributed by atoms with van der Waals surface area (Å²) < 4.78 is 11.5. The highest BCUT2D eigenvalue weighted by atomic mass is 16.5. The van der Waals surface area contributed by atoms with Crippen LogP contribution in [-0.2, 0) is 4.74 Å². The van der Waals surface area contributed by atoms with Crippen LogP contribution in [0.5, 0.6) is 5.75 Å². The number of rotatable bonds is 3. The molecule has 1 heterocycles. The molecule has 1 fully saturated rings. The Labute approximate surface area is 125 Å². The molecule has 3 heteroatoms. The average Bonchev–Trinajstić information content (AvgIpc) is 2.55. The van der Waals surface area contributed by atoms with E-state index in [1.54, 1.807) is 7.11 Å². The van der Waals surface area contributed by atoms with Crippen molar-refractivity contribution in [2.75, 3.05) is 7.11 Å². The average molecular weight is 284 g/mol. The van der Waals surface area contributed by atoms with E-state index in [9.17, 15) is 5.11 Å². The van der Waals surface area contributed by atoms with Crippen molar-refractivity contribution >= 4 is 0 Å². The van der Waals surface area contributed by atoms with Crippen LogP contribution in [0.1, 0.15) is 36.2 Å². The largest absolute Gasteiger partial charge is 0.497 e. The molecule has 2 aromatic carbocycles. The Kier molecular flexibility index (Phi) is 4.23. The highest BCUT2D eigenvalue weighted by Crippen LogP contribution is 2.39. The Morgan fingerprint density at radius 2 is 1.62 bits per heavy atom. The zero-order chi connectivity index (χ0) is 14.7. The number of ether oxygens (including phenoxy) is 2. The van der Waals surface area contributed by atoms with Crippen LogP contribution in [0.15, 0.2) is 54.6 Å². The van der Waals surface area contributed by atoms with Crippen molar-refractivity contribution in [3.8, 4) is 5.75 Å². The number of aliphatic hydroxyl groups is 1. The van der Waals surface area contributed by atoms with Crippen LogP contribution in [0, 0.1) is 0 Å². The first-order valence-electron chi connectivity index (χ1n) is 7.28. The Morgan fingerprint density at radius 3 is 2.33 bits per heavy atom. The minimum atomic E-state index is -0.347. The molecular formula is C18H20O3. The number of aliphatic hydroxyl groups excluding tert-OH is 1. The van der Waals surface area contributed by atoms with Gasteiger partial charge in [0.05, 0.1) is 25.4 Å². The fourth-order valence-corrected chi connectivity index (χ4v) is 2.84. The summed E-state index contributed by atoms with van der Waals surface area (Å²) in [5, 5.41) is 10.2. The molecule has 0 saturated carbocycles. The predicted octanol–water partition coefficient (Wildman–Crippen LogP) is 3.65. The van der Waals surface area contributed by atoms with E-state index in [4.69, 9.17) is 9.47 Å².